The van der Waals surface area contributed by atoms with Crippen LogP contribution in [0, 0.1) is 11.6 Å². The molecular formula is C22H22ClF2NO3. The Bertz CT molecular complexity index is 949. The first-order valence-corrected chi connectivity index (χ1v) is 8.81. The lowest BCUT2D eigenvalue weighted by molar-refractivity contribution is 0.242. The predicted octanol–water partition coefficient (Wildman–Crippen LogP) is 6.13. The SMILES string of the molecule is CC(C)Oc1ccc(Oc2ccc(OCc3cc(F)ccc3F)cc2)c(N)c1.Cl. The summed E-state index contributed by atoms with van der Waals surface area (Å²) in [6.45, 7) is 3.80. The fourth-order valence-corrected chi connectivity index (χ4v) is 2.51. The van der Waals surface area contributed by atoms with Gasteiger partial charge in [-0.05, 0) is 68.4 Å². The van der Waals surface area contributed by atoms with Gasteiger partial charge in [-0.25, -0.2) is 8.78 Å². The maximum Gasteiger partial charge on any atom is 0.150 e. The summed E-state index contributed by atoms with van der Waals surface area (Å²) >= 11 is 0. The first kappa shape index (κ1) is 22.3. The highest BCUT2D eigenvalue weighted by Crippen LogP contribution is 2.32. The molecule has 3 rings (SSSR count). The quantitative estimate of drug-likeness (QED) is 0.466. The van der Waals surface area contributed by atoms with Crippen LogP contribution >= 0.6 is 12.4 Å². The Morgan fingerprint density at radius 2 is 1.52 bits per heavy atom. The van der Waals surface area contributed by atoms with Crippen molar-refractivity contribution in [2.24, 2.45) is 0 Å². The molecule has 0 bridgehead atoms. The number of anilines is 1. The highest BCUT2D eigenvalue weighted by Gasteiger charge is 2.07. The average molecular weight is 422 g/mol. The summed E-state index contributed by atoms with van der Waals surface area (Å²) in [7, 11) is 0. The largest absolute Gasteiger partial charge is 0.491 e. The lowest BCUT2D eigenvalue weighted by Gasteiger charge is -2.13. The Hall–Kier alpha value is -2.99. The van der Waals surface area contributed by atoms with Gasteiger partial charge in [0, 0.05) is 11.6 Å². The molecule has 0 aliphatic rings. The van der Waals surface area contributed by atoms with E-state index in [2.05, 4.69) is 0 Å². The normalized spacial score (nSPS) is 10.4. The molecule has 29 heavy (non-hydrogen) atoms. The number of nitrogens with two attached hydrogens (primary N) is 1. The molecule has 0 saturated carbocycles. The van der Waals surface area contributed by atoms with Gasteiger partial charge in [-0.2, -0.15) is 0 Å². The first-order chi connectivity index (χ1) is 13.4. The molecule has 0 aliphatic heterocycles. The van der Waals surface area contributed by atoms with Gasteiger partial charge in [0.05, 0.1) is 11.8 Å². The molecule has 0 fully saturated rings. The van der Waals surface area contributed by atoms with Crippen molar-refractivity contribution >= 4 is 18.1 Å². The maximum atomic E-state index is 13.6. The number of benzene rings is 3. The van der Waals surface area contributed by atoms with E-state index >= 15 is 0 Å². The number of hydrogen-bond acceptors (Lipinski definition) is 4. The molecule has 7 heteroatoms. The minimum atomic E-state index is -0.512. The minimum Gasteiger partial charge on any atom is -0.491 e. The fourth-order valence-electron chi connectivity index (χ4n) is 2.51. The standard InChI is InChI=1S/C22H21F2NO3.ClH/c1-14(2)27-19-8-10-22(21(25)12-19)28-18-6-4-17(5-7-18)26-13-15-11-16(23)3-9-20(15)24;/h3-12,14H,13,25H2,1-2H3;1H. The number of hydrogen-bond donors (Lipinski definition) is 1. The van der Waals surface area contributed by atoms with Gasteiger partial charge in [0.25, 0.3) is 0 Å². The number of ether oxygens (including phenoxy) is 3. The summed E-state index contributed by atoms with van der Waals surface area (Å²) < 4.78 is 43.7. The molecule has 2 N–H and O–H groups in total. The van der Waals surface area contributed by atoms with Gasteiger partial charge < -0.3 is 19.9 Å². The van der Waals surface area contributed by atoms with E-state index in [1.54, 1.807) is 42.5 Å². The predicted molar refractivity (Wildman–Crippen MR) is 111 cm³/mol. The summed E-state index contributed by atoms with van der Waals surface area (Å²) in [6.07, 6.45) is 0.0552. The van der Waals surface area contributed by atoms with Gasteiger partial charge >= 0.3 is 0 Å². The minimum absolute atomic E-state index is 0. The van der Waals surface area contributed by atoms with Gasteiger partial charge in [0.15, 0.2) is 5.75 Å². The summed E-state index contributed by atoms with van der Waals surface area (Å²) in [5.41, 5.74) is 6.63. The van der Waals surface area contributed by atoms with Crippen LogP contribution in [0.4, 0.5) is 14.5 Å². The molecule has 154 valence electrons. The Morgan fingerprint density at radius 3 is 2.17 bits per heavy atom. The third kappa shape index (κ3) is 6.26. The molecular weight excluding hydrogens is 400 g/mol. The van der Waals surface area contributed by atoms with Crippen molar-refractivity contribution in [3.05, 3.63) is 77.9 Å². The number of rotatable bonds is 7. The first-order valence-electron chi connectivity index (χ1n) is 8.81. The van der Waals surface area contributed by atoms with E-state index < -0.39 is 11.6 Å². The van der Waals surface area contributed by atoms with Crippen LogP contribution in [0.2, 0.25) is 0 Å². The van der Waals surface area contributed by atoms with Crippen LogP contribution in [0.3, 0.4) is 0 Å². The van der Waals surface area contributed by atoms with Gasteiger partial charge in [-0.1, -0.05) is 0 Å². The van der Waals surface area contributed by atoms with E-state index in [1.807, 2.05) is 13.8 Å². The van der Waals surface area contributed by atoms with E-state index in [9.17, 15) is 8.78 Å². The molecule has 0 aromatic heterocycles. The van der Waals surface area contributed by atoms with Crippen molar-refractivity contribution in [3.8, 4) is 23.0 Å². The second kappa shape index (κ2) is 9.98. The molecule has 3 aromatic rings. The van der Waals surface area contributed by atoms with Gasteiger partial charge in [-0.3, -0.25) is 0 Å². The fraction of sp³-hybridized carbons (Fsp3) is 0.182. The zero-order valence-corrected chi connectivity index (χ0v) is 16.8. The number of halogens is 3. The van der Waals surface area contributed by atoms with Crippen molar-refractivity contribution in [2.45, 2.75) is 26.6 Å². The van der Waals surface area contributed by atoms with Crippen LogP contribution in [0.5, 0.6) is 23.0 Å². The number of nitrogen functional groups attached to an aromatic ring is 1. The molecule has 0 aliphatic carbocycles. The topological polar surface area (TPSA) is 53.7 Å². The Balaban J connectivity index is 0.00000300. The summed E-state index contributed by atoms with van der Waals surface area (Å²) in [6, 6.07) is 15.3. The molecule has 4 nitrogen and oxygen atoms in total. The third-order valence-electron chi connectivity index (χ3n) is 3.81. The highest BCUT2D eigenvalue weighted by molar-refractivity contribution is 5.85. The van der Waals surface area contributed by atoms with Crippen molar-refractivity contribution < 1.29 is 23.0 Å². The molecule has 0 unspecified atom stereocenters. The molecule has 0 saturated heterocycles. The third-order valence-corrected chi connectivity index (χ3v) is 3.81. The van der Waals surface area contributed by atoms with Crippen LogP contribution in [0.25, 0.3) is 0 Å². The molecule has 0 radical (unpaired) electrons. The van der Waals surface area contributed by atoms with Crippen molar-refractivity contribution in [1.29, 1.82) is 0 Å². The Morgan fingerprint density at radius 1 is 0.862 bits per heavy atom. The zero-order valence-electron chi connectivity index (χ0n) is 16.0. The molecule has 3 aromatic carbocycles. The van der Waals surface area contributed by atoms with Crippen LogP contribution in [0.15, 0.2) is 60.7 Å². The summed E-state index contributed by atoms with van der Waals surface area (Å²) in [5, 5.41) is 0. The van der Waals surface area contributed by atoms with Crippen molar-refractivity contribution in [2.75, 3.05) is 5.73 Å². The van der Waals surface area contributed by atoms with Gasteiger partial charge in [0.2, 0.25) is 0 Å². The maximum absolute atomic E-state index is 13.6. The highest BCUT2D eigenvalue weighted by atomic mass is 35.5. The Kier molecular flexibility index (Phi) is 7.67. The molecule has 0 spiro atoms. The molecule has 0 amide bonds. The average Bonchev–Trinajstić information content (AvgIpc) is 2.65. The van der Waals surface area contributed by atoms with Crippen LogP contribution < -0.4 is 19.9 Å². The second-order valence-corrected chi connectivity index (χ2v) is 6.46. The van der Waals surface area contributed by atoms with E-state index in [1.165, 1.54) is 0 Å². The van der Waals surface area contributed by atoms with Crippen molar-refractivity contribution in [1.82, 2.24) is 0 Å². The second-order valence-electron chi connectivity index (χ2n) is 6.46. The lowest BCUT2D eigenvalue weighted by atomic mass is 10.2. The summed E-state index contributed by atoms with van der Waals surface area (Å²) in [5.74, 6) is 1.23. The van der Waals surface area contributed by atoms with Gasteiger partial charge in [-0.15, -0.1) is 12.4 Å². The van der Waals surface area contributed by atoms with Crippen LogP contribution in [0.1, 0.15) is 19.4 Å². The summed E-state index contributed by atoms with van der Waals surface area (Å²) in [4.78, 5) is 0. The molecule has 0 heterocycles. The zero-order chi connectivity index (χ0) is 20.1. The lowest BCUT2D eigenvalue weighted by Crippen LogP contribution is -2.05. The van der Waals surface area contributed by atoms with E-state index in [-0.39, 0.29) is 30.7 Å². The smallest absolute Gasteiger partial charge is 0.150 e. The molecule has 0 atom stereocenters. The van der Waals surface area contributed by atoms with Crippen molar-refractivity contribution in [3.63, 3.8) is 0 Å². The Labute approximate surface area is 174 Å². The van der Waals surface area contributed by atoms with Crippen LogP contribution in [-0.4, -0.2) is 6.10 Å². The van der Waals surface area contributed by atoms with E-state index in [4.69, 9.17) is 19.9 Å². The monoisotopic (exact) mass is 421 g/mol. The van der Waals surface area contributed by atoms with Gasteiger partial charge in [0.1, 0.15) is 35.5 Å². The van der Waals surface area contributed by atoms with Crippen LogP contribution in [-0.2, 0) is 6.61 Å². The van der Waals surface area contributed by atoms with E-state index in [0.29, 0.717) is 28.7 Å². The van der Waals surface area contributed by atoms with E-state index in [0.717, 1.165) is 18.2 Å².